The lowest BCUT2D eigenvalue weighted by atomic mass is 10.0. The molecule has 2 fully saturated rings. The summed E-state index contributed by atoms with van der Waals surface area (Å²) in [6.07, 6.45) is 6.05. The maximum Gasteiger partial charge on any atom is 0.191 e. The minimum absolute atomic E-state index is 0.204. The zero-order valence-corrected chi connectivity index (χ0v) is 16.9. The van der Waals surface area contributed by atoms with Crippen molar-refractivity contribution in [2.75, 3.05) is 44.7 Å². The first-order valence-electron chi connectivity index (χ1n) is 9.80. The number of nitrogens with zero attached hydrogens (tertiary/aromatic N) is 2. The largest absolute Gasteiger partial charge is 0.356 e. The molecule has 2 aliphatic heterocycles. The second kappa shape index (κ2) is 9.76. The van der Waals surface area contributed by atoms with Crippen molar-refractivity contribution in [3.63, 3.8) is 0 Å². The fourth-order valence-electron chi connectivity index (χ4n) is 3.91. The maximum atomic E-state index is 11.6. The Hall–Kier alpha value is -0.820. The molecule has 2 rings (SSSR count). The number of likely N-dealkylation sites (tertiary alicyclic amines) is 1. The molecule has 0 aromatic heterocycles. The summed E-state index contributed by atoms with van der Waals surface area (Å²) in [6.45, 7) is 8.51. The van der Waals surface area contributed by atoms with Gasteiger partial charge in [-0.25, -0.2) is 8.42 Å². The first-order chi connectivity index (χ1) is 11.9. The Bertz CT molecular complexity index is 525. The van der Waals surface area contributed by atoms with Crippen molar-refractivity contribution in [2.24, 2.45) is 16.8 Å². The van der Waals surface area contributed by atoms with E-state index in [1.54, 1.807) is 7.05 Å². The summed E-state index contributed by atoms with van der Waals surface area (Å²) < 4.78 is 23.1. The van der Waals surface area contributed by atoms with Gasteiger partial charge in [-0.3, -0.25) is 9.89 Å². The molecule has 6 nitrogen and oxygen atoms in total. The highest BCUT2D eigenvalue weighted by molar-refractivity contribution is 7.91. The molecule has 146 valence electrons. The number of rotatable bonds is 6. The van der Waals surface area contributed by atoms with Crippen molar-refractivity contribution in [3.8, 4) is 0 Å². The minimum Gasteiger partial charge on any atom is -0.356 e. The van der Waals surface area contributed by atoms with E-state index in [0.717, 1.165) is 18.9 Å². The van der Waals surface area contributed by atoms with E-state index in [0.29, 0.717) is 30.0 Å². The van der Waals surface area contributed by atoms with Crippen molar-refractivity contribution >= 4 is 15.8 Å². The SMILES string of the molecule is CN=C(NCC1CCS(=O)(=O)C1)NCC(C(C)C)N1CCCCCC1. The monoisotopic (exact) mass is 372 g/mol. The molecule has 2 saturated heterocycles. The molecule has 2 heterocycles. The second-order valence-corrected chi connectivity index (χ2v) is 10.1. The van der Waals surface area contributed by atoms with Crippen LogP contribution in [-0.4, -0.2) is 70.1 Å². The minimum atomic E-state index is -2.81. The Morgan fingerprint density at radius 3 is 2.36 bits per heavy atom. The maximum absolute atomic E-state index is 11.6. The topological polar surface area (TPSA) is 73.8 Å². The fourth-order valence-corrected chi connectivity index (χ4v) is 5.77. The average Bonchev–Trinajstić information content (AvgIpc) is 2.76. The normalized spacial score (nSPS) is 26.4. The Balaban J connectivity index is 1.80. The predicted octanol–water partition coefficient (Wildman–Crippen LogP) is 1.49. The van der Waals surface area contributed by atoms with Gasteiger partial charge in [-0.2, -0.15) is 0 Å². The molecule has 2 unspecified atom stereocenters. The van der Waals surface area contributed by atoms with Gasteiger partial charge in [0.15, 0.2) is 15.8 Å². The molecule has 0 spiro atoms. The molecule has 2 aliphatic rings. The van der Waals surface area contributed by atoms with Crippen LogP contribution in [0.5, 0.6) is 0 Å². The highest BCUT2D eigenvalue weighted by Gasteiger charge is 2.28. The number of aliphatic imine (C=N–C) groups is 1. The number of nitrogens with one attached hydrogen (secondary N) is 2. The smallest absolute Gasteiger partial charge is 0.191 e. The number of sulfone groups is 1. The van der Waals surface area contributed by atoms with Crippen LogP contribution in [0.4, 0.5) is 0 Å². The van der Waals surface area contributed by atoms with Crippen LogP contribution in [0.2, 0.25) is 0 Å². The van der Waals surface area contributed by atoms with Crippen molar-refractivity contribution in [1.29, 1.82) is 0 Å². The molecular formula is C18H36N4O2S. The van der Waals surface area contributed by atoms with Crippen LogP contribution in [0.15, 0.2) is 4.99 Å². The van der Waals surface area contributed by atoms with Gasteiger partial charge in [-0.15, -0.1) is 0 Å². The summed E-state index contributed by atoms with van der Waals surface area (Å²) in [5, 5.41) is 6.78. The zero-order chi connectivity index (χ0) is 18.3. The zero-order valence-electron chi connectivity index (χ0n) is 16.1. The summed E-state index contributed by atoms with van der Waals surface area (Å²) in [4.78, 5) is 6.93. The van der Waals surface area contributed by atoms with Gasteiger partial charge >= 0.3 is 0 Å². The number of hydrogen-bond acceptors (Lipinski definition) is 4. The van der Waals surface area contributed by atoms with Crippen molar-refractivity contribution in [2.45, 2.75) is 52.0 Å². The molecule has 0 aromatic carbocycles. The fraction of sp³-hybridized carbons (Fsp3) is 0.944. The van der Waals surface area contributed by atoms with Gasteiger partial charge in [0.25, 0.3) is 0 Å². The molecule has 7 heteroatoms. The van der Waals surface area contributed by atoms with E-state index in [4.69, 9.17) is 0 Å². The molecule has 0 aromatic rings. The predicted molar refractivity (Wildman–Crippen MR) is 105 cm³/mol. The summed E-state index contributed by atoms with van der Waals surface area (Å²) in [7, 11) is -1.04. The molecule has 0 radical (unpaired) electrons. The molecule has 0 aliphatic carbocycles. The summed E-state index contributed by atoms with van der Waals surface area (Å²) >= 11 is 0. The van der Waals surface area contributed by atoms with Crippen LogP contribution in [0.3, 0.4) is 0 Å². The lowest BCUT2D eigenvalue weighted by molar-refractivity contribution is 0.161. The van der Waals surface area contributed by atoms with E-state index in [9.17, 15) is 8.42 Å². The van der Waals surface area contributed by atoms with Crippen LogP contribution >= 0.6 is 0 Å². The quantitative estimate of drug-likeness (QED) is 0.546. The summed E-state index contributed by atoms with van der Waals surface area (Å²) in [5.41, 5.74) is 0. The molecule has 0 bridgehead atoms. The van der Waals surface area contributed by atoms with E-state index < -0.39 is 9.84 Å². The number of hydrogen-bond donors (Lipinski definition) is 2. The number of guanidine groups is 1. The molecule has 0 saturated carbocycles. The second-order valence-electron chi connectivity index (χ2n) is 7.86. The van der Waals surface area contributed by atoms with Crippen molar-refractivity contribution in [1.82, 2.24) is 15.5 Å². The lowest BCUT2D eigenvalue weighted by Gasteiger charge is -2.34. The Morgan fingerprint density at radius 2 is 1.84 bits per heavy atom. The Morgan fingerprint density at radius 1 is 1.16 bits per heavy atom. The van der Waals surface area contributed by atoms with Crippen molar-refractivity contribution < 1.29 is 8.42 Å². The highest BCUT2D eigenvalue weighted by Crippen LogP contribution is 2.18. The van der Waals surface area contributed by atoms with Crippen LogP contribution in [0, 0.1) is 11.8 Å². The van der Waals surface area contributed by atoms with E-state index >= 15 is 0 Å². The molecule has 2 N–H and O–H groups in total. The van der Waals surface area contributed by atoms with Gasteiger partial charge in [-0.1, -0.05) is 26.7 Å². The van der Waals surface area contributed by atoms with Crippen LogP contribution < -0.4 is 10.6 Å². The summed E-state index contributed by atoms with van der Waals surface area (Å²) in [6, 6.07) is 0.503. The molecule has 25 heavy (non-hydrogen) atoms. The molecule has 0 amide bonds. The van der Waals surface area contributed by atoms with Gasteiger partial charge in [0.2, 0.25) is 0 Å². The first kappa shape index (κ1) is 20.5. The van der Waals surface area contributed by atoms with Crippen LogP contribution in [0.25, 0.3) is 0 Å². The van der Waals surface area contributed by atoms with Crippen LogP contribution in [0.1, 0.15) is 46.0 Å². The van der Waals surface area contributed by atoms with Crippen molar-refractivity contribution in [3.05, 3.63) is 0 Å². The summed E-state index contributed by atoms with van der Waals surface area (Å²) in [5.74, 6) is 2.21. The van der Waals surface area contributed by atoms with E-state index in [-0.39, 0.29) is 5.92 Å². The third kappa shape index (κ3) is 6.77. The van der Waals surface area contributed by atoms with Gasteiger partial charge in [0.1, 0.15) is 0 Å². The van der Waals surface area contributed by atoms with E-state index in [1.165, 1.54) is 38.8 Å². The van der Waals surface area contributed by atoms with Gasteiger partial charge in [-0.05, 0) is 44.2 Å². The third-order valence-corrected chi connectivity index (χ3v) is 7.30. The van der Waals surface area contributed by atoms with E-state index in [1.807, 2.05) is 0 Å². The molecule has 2 atom stereocenters. The van der Waals surface area contributed by atoms with Gasteiger partial charge in [0.05, 0.1) is 11.5 Å². The van der Waals surface area contributed by atoms with Crippen LogP contribution in [-0.2, 0) is 9.84 Å². The Kier molecular flexibility index (Phi) is 8.00. The van der Waals surface area contributed by atoms with Gasteiger partial charge in [0, 0.05) is 26.2 Å². The molecular weight excluding hydrogens is 336 g/mol. The average molecular weight is 373 g/mol. The lowest BCUT2D eigenvalue weighted by Crippen LogP contribution is -2.50. The third-order valence-electron chi connectivity index (χ3n) is 5.47. The highest BCUT2D eigenvalue weighted by atomic mass is 32.2. The van der Waals surface area contributed by atoms with Gasteiger partial charge < -0.3 is 10.6 Å². The Labute approximate surface area is 153 Å². The standard InChI is InChI=1S/C18H36N4O2S/c1-15(2)17(22-9-6-4-5-7-10-22)13-21-18(19-3)20-12-16-8-11-25(23,24)14-16/h15-17H,4-14H2,1-3H3,(H2,19,20,21). The first-order valence-corrected chi connectivity index (χ1v) is 11.6. The van der Waals surface area contributed by atoms with E-state index in [2.05, 4.69) is 34.4 Å².